The number of ether oxygens (including phenoxy) is 2. The van der Waals surface area contributed by atoms with E-state index in [4.69, 9.17) is 32.7 Å². The lowest BCUT2D eigenvalue weighted by Crippen LogP contribution is -2.35. The highest BCUT2D eigenvalue weighted by atomic mass is 35.5. The van der Waals surface area contributed by atoms with Crippen LogP contribution in [0.3, 0.4) is 0 Å². The summed E-state index contributed by atoms with van der Waals surface area (Å²) in [6.07, 6.45) is 2.81. The van der Waals surface area contributed by atoms with E-state index in [0.29, 0.717) is 72.8 Å². The Labute approximate surface area is 256 Å². The minimum Gasteiger partial charge on any atom is -0.493 e. The number of hydrogen-bond donors (Lipinski definition) is 1. The molecule has 0 aliphatic carbocycles. The van der Waals surface area contributed by atoms with Crippen LogP contribution in [-0.4, -0.2) is 67.2 Å². The fourth-order valence-corrected chi connectivity index (χ4v) is 5.31. The van der Waals surface area contributed by atoms with Gasteiger partial charge >= 0.3 is 6.09 Å². The number of nitrogens with zero attached hydrogens (tertiary/aromatic N) is 6. The molecule has 0 aliphatic rings. The first kappa shape index (κ1) is 29.7. The monoisotopic (exact) mass is 620 g/mol. The van der Waals surface area contributed by atoms with E-state index < -0.39 is 6.09 Å². The van der Waals surface area contributed by atoms with Crippen molar-refractivity contribution >= 4 is 41.2 Å². The summed E-state index contributed by atoms with van der Waals surface area (Å²) in [7, 11) is 2.98. The number of pyridine rings is 3. The lowest BCUT2D eigenvalue weighted by molar-refractivity contribution is 0.111. The molecule has 220 valence electrons. The molecule has 4 heterocycles. The quantitative estimate of drug-likeness (QED) is 0.182. The molecule has 0 bridgehead atoms. The van der Waals surface area contributed by atoms with E-state index in [1.807, 2.05) is 18.2 Å². The second-order valence-corrected chi connectivity index (χ2v) is 10.5. The lowest BCUT2D eigenvalue weighted by Gasteiger charge is -2.24. The Morgan fingerprint density at radius 2 is 1.79 bits per heavy atom. The molecule has 0 spiro atoms. The maximum Gasteiger partial charge on any atom is 0.407 e. The number of carboxylic acid groups (broad SMARTS) is 1. The molecule has 5 rings (SSSR count). The molecule has 0 unspecified atom stereocenters. The second-order valence-electron chi connectivity index (χ2n) is 9.71. The van der Waals surface area contributed by atoms with Crippen molar-refractivity contribution in [3.05, 3.63) is 76.3 Å². The lowest BCUT2D eigenvalue weighted by atomic mass is 10.00. The average Bonchev–Trinajstić information content (AvgIpc) is 3.43. The number of hydrogen-bond acceptors (Lipinski definition) is 8. The zero-order chi connectivity index (χ0) is 30.8. The molecule has 11 nitrogen and oxygen atoms in total. The Bertz CT molecular complexity index is 1860. The van der Waals surface area contributed by atoms with Crippen molar-refractivity contribution in [1.82, 2.24) is 29.5 Å². The van der Waals surface area contributed by atoms with Crippen molar-refractivity contribution in [2.24, 2.45) is 0 Å². The van der Waals surface area contributed by atoms with Gasteiger partial charge in [-0.2, -0.15) is 0 Å². The summed E-state index contributed by atoms with van der Waals surface area (Å²) in [5.74, 6) is 0.708. The number of benzene rings is 1. The van der Waals surface area contributed by atoms with E-state index in [2.05, 4.69) is 20.1 Å². The van der Waals surface area contributed by atoms with Crippen LogP contribution in [-0.2, 0) is 6.54 Å². The number of rotatable bonds is 9. The number of carbonyl (C=O) groups is 2. The third-order valence-electron chi connectivity index (χ3n) is 6.81. The Balaban J connectivity index is 1.56. The van der Waals surface area contributed by atoms with Gasteiger partial charge in [0.1, 0.15) is 0 Å². The molecule has 0 fully saturated rings. The first-order valence-electron chi connectivity index (χ1n) is 13.0. The van der Waals surface area contributed by atoms with Gasteiger partial charge in [0.25, 0.3) is 0 Å². The summed E-state index contributed by atoms with van der Waals surface area (Å²) >= 11 is 13.9. The van der Waals surface area contributed by atoms with Crippen molar-refractivity contribution < 1.29 is 24.2 Å². The molecule has 1 N–H and O–H groups in total. The number of halogens is 2. The summed E-state index contributed by atoms with van der Waals surface area (Å²) in [6, 6.07) is 12.3. The van der Waals surface area contributed by atoms with Crippen molar-refractivity contribution in [3.63, 3.8) is 0 Å². The van der Waals surface area contributed by atoms with Crippen LogP contribution in [0.4, 0.5) is 4.79 Å². The summed E-state index contributed by atoms with van der Waals surface area (Å²) in [5.41, 5.74) is 4.47. The average molecular weight is 621 g/mol. The zero-order valence-corrected chi connectivity index (χ0v) is 25.1. The van der Waals surface area contributed by atoms with Gasteiger partial charge in [-0.3, -0.25) is 9.78 Å². The van der Waals surface area contributed by atoms with Crippen LogP contribution in [0.2, 0.25) is 10.0 Å². The van der Waals surface area contributed by atoms with Gasteiger partial charge in [0, 0.05) is 46.3 Å². The molecule has 0 aliphatic heterocycles. The SMILES string of the molecule is COc1nc(-c2cccc(-c3ccnc(-c4cc(OC)c5nc(C=O)nn5c4)c3Cl)c2Cl)ccc1CN(C(=O)O)C(C)C. The van der Waals surface area contributed by atoms with Crippen molar-refractivity contribution in [2.45, 2.75) is 26.4 Å². The van der Waals surface area contributed by atoms with Crippen LogP contribution in [0.25, 0.3) is 39.3 Å². The highest BCUT2D eigenvalue weighted by molar-refractivity contribution is 6.39. The predicted octanol–water partition coefficient (Wildman–Crippen LogP) is 6.55. The first-order valence-corrected chi connectivity index (χ1v) is 13.8. The fraction of sp³-hybridized carbons (Fsp3) is 0.200. The molecule has 13 heteroatoms. The number of amides is 1. The smallest absolute Gasteiger partial charge is 0.407 e. The minimum absolute atomic E-state index is 0.0178. The highest BCUT2D eigenvalue weighted by Gasteiger charge is 2.22. The molecule has 4 aromatic heterocycles. The molecule has 1 amide bonds. The van der Waals surface area contributed by atoms with Crippen molar-refractivity contribution in [3.8, 4) is 45.3 Å². The van der Waals surface area contributed by atoms with Gasteiger partial charge in [-0.15, -0.1) is 5.10 Å². The van der Waals surface area contributed by atoms with E-state index >= 15 is 0 Å². The Morgan fingerprint density at radius 1 is 1.05 bits per heavy atom. The van der Waals surface area contributed by atoms with E-state index in [-0.39, 0.29) is 18.4 Å². The van der Waals surface area contributed by atoms with Gasteiger partial charge in [0.15, 0.2) is 17.7 Å². The summed E-state index contributed by atoms with van der Waals surface area (Å²) in [5, 5.41) is 14.5. The topological polar surface area (TPSA) is 132 Å². The van der Waals surface area contributed by atoms with E-state index in [0.717, 1.165) is 0 Å². The normalized spacial score (nSPS) is 11.1. The van der Waals surface area contributed by atoms with Crippen LogP contribution in [0.15, 0.2) is 54.9 Å². The molecule has 43 heavy (non-hydrogen) atoms. The maximum absolute atomic E-state index is 11.7. The number of fused-ring (bicyclic) bond motifs is 1. The molecule has 0 atom stereocenters. The van der Waals surface area contributed by atoms with Crippen LogP contribution < -0.4 is 9.47 Å². The van der Waals surface area contributed by atoms with Crippen LogP contribution >= 0.6 is 23.2 Å². The Kier molecular flexibility index (Phi) is 8.47. The van der Waals surface area contributed by atoms with Gasteiger partial charge < -0.3 is 19.5 Å². The maximum atomic E-state index is 11.7. The first-order chi connectivity index (χ1) is 20.7. The summed E-state index contributed by atoms with van der Waals surface area (Å²) < 4.78 is 12.4. The number of aromatic nitrogens is 5. The van der Waals surface area contributed by atoms with E-state index in [9.17, 15) is 14.7 Å². The van der Waals surface area contributed by atoms with Crippen LogP contribution in [0.5, 0.6) is 11.6 Å². The minimum atomic E-state index is -1.03. The molecule has 0 saturated heterocycles. The molecule has 5 aromatic rings. The molecule has 1 aromatic carbocycles. The fourth-order valence-electron chi connectivity index (χ4n) is 4.66. The standard InChI is InChI=1S/C30H26Cl2N6O5/c1-16(2)37(30(40)41)13-17-8-9-22(34-29(17)43-4)21-7-5-6-19(25(21)31)20-10-11-33-27(26(20)32)18-12-23(42-3)28-35-24(15-39)36-38(28)14-18/h5-12,14-16H,13H2,1-4H3,(H,40,41). The zero-order valence-electron chi connectivity index (χ0n) is 23.6. The summed E-state index contributed by atoms with van der Waals surface area (Å²) in [4.78, 5) is 37.5. The molecular formula is C30H26Cl2N6O5. The van der Waals surface area contributed by atoms with Gasteiger partial charge in [0.2, 0.25) is 11.7 Å². The van der Waals surface area contributed by atoms with E-state index in [1.54, 1.807) is 50.5 Å². The van der Waals surface area contributed by atoms with Gasteiger partial charge in [0.05, 0.1) is 42.2 Å². The van der Waals surface area contributed by atoms with Gasteiger partial charge in [-0.1, -0.05) is 41.4 Å². The molecule has 0 radical (unpaired) electrons. The Hall–Kier alpha value is -4.74. The third-order valence-corrected chi connectivity index (χ3v) is 7.60. The van der Waals surface area contributed by atoms with Crippen molar-refractivity contribution in [2.75, 3.05) is 14.2 Å². The summed E-state index contributed by atoms with van der Waals surface area (Å²) in [6.45, 7) is 3.72. The van der Waals surface area contributed by atoms with E-state index in [1.165, 1.54) is 23.6 Å². The van der Waals surface area contributed by atoms with Crippen LogP contribution in [0.1, 0.15) is 30.0 Å². The number of aldehydes is 1. The van der Waals surface area contributed by atoms with Crippen molar-refractivity contribution in [1.29, 1.82) is 0 Å². The largest absolute Gasteiger partial charge is 0.493 e. The highest BCUT2D eigenvalue weighted by Crippen LogP contribution is 2.42. The third kappa shape index (κ3) is 5.69. The van der Waals surface area contributed by atoms with Gasteiger partial charge in [-0.25, -0.2) is 19.3 Å². The second kappa shape index (κ2) is 12.2. The van der Waals surface area contributed by atoms with Gasteiger partial charge in [-0.05, 0) is 38.1 Å². The Morgan fingerprint density at radius 3 is 2.47 bits per heavy atom. The molecule has 0 saturated carbocycles. The molecular weight excluding hydrogens is 595 g/mol. The number of carbonyl (C=O) groups excluding carboxylic acids is 1. The predicted molar refractivity (Wildman–Crippen MR) is 162 cm³/mol. The van der Waals surface area contributed by atoms with Crippen LogP contribution in [0, 0.1) is 0 Å². The number of methoxy groups -OCH3 is 2.